The molecule has 0 saturated heterocycles. The summed E-state index contributed by atoms with van der Waals surface area (Å²) in [4.78, 5) is 0. The molecular weight excluding hydrogens is 303 g/mol. The lowest BCUT2D eigenvalue weighted by Crippen LogP contribution is -2.33. The summed E-state index contributed by atoms with van der Waals surface area (Å²) in [5, 5.41) is 0. The molecule has 0 N–H and O–H groups in total. The Morgan fingerprint density at radius 1 is 0.952 bits per heavy atom. The molecule has 2 aromatic carbocycles. The predicted molar refractivity (Wildman–Crippen MR) is 91.0 cm³/mol. The van der Waals surface area contributed by atoms with Gasteiger partial charge in [0.05, 0.1) is 7.11 Å². The van der Waals surface area contributed by atoms with Gasteiger partial charge in [-0.1, -0.05) is 48.0 Å². The van der Waals surface area contributed by atoms with Crippen molar-refractivity contribution in [3.8, 4) is 5.75 Å². The van der Waals surface area contributed by atoms with Gasteiger partial charge in [0, 0.05) is 17.2 Å². The van der Waals surface area contributed by atoms with E-state index in [0.29, 0.717) is 11.8 Å². The van der Waals surface area contributed by atoms with Gasteiger partial charge in [-0.3, -0.25) is 0 Å². The first-order valence-electron chi connectivity index (χ1n) is 6.96. The average molecular weight is 323 g/mol. The van der Waals surface area contributed by atoms with Crippen molar-refractivity contribution in [2.45, 2.75) is 18.8 Å². The molecule has 112 valence electrons. The summed E-state index contributed by atoms with van der Waals surface area (Å²) < 4.78 is 5.45. The minimum Gasteiger partial charge on any atom is -0.496 e. The summed E-state index contributed by atoms with van der Waals surface area (Å²) >= 11 is 12.6. The van der Waals surface area contributed by atoms with E-state index in [1.54, 1.807) is 7.11 Å². The number of aryl methyl sites for hydroxylation is 1. The molecule has 0 amide bonds. The number of benzene rings is 2. The Balaban J connectivity index is 2.40. The largest absolute Gasteiger partial charge is 0.496 e. The molecule has 2 rings (SSSR count). The fourth-order valence-corrected chi connectivity index (χ4v) is 3.29. The Kier molecular flexibility index (Phi) is 5.55. The van der Waals surface area contributed by atoms with Crippen LogP contribution in [-0.4, -0.2) is 18.9 Å². The van der Waals surface area contributed by atoms with E-state index >= 15 is 0 Å². The van der Waals surface area contributed by atoms with E-state index in [-0.39, 0.29) is 5.41 Å². The van der Waals surface area contributed by atoms with Gasteiger partial charge in [0.25, 0.3) is 0 Å². The first-order chi connectivity index (χ1) is 10.1. The minimum absolute atomic E-state index is 0.286. The van der Waals surface area contributed by atoms with Crippen LogP contribution < -0.4 is 4.74 Å². The molecule has 0 heterocycles. The van der Waals surface area contributed by atoms with Crippen LogP contribution in [0.5, 0.6) is 5.75 Å². The maximum absolute atomic E-state index is 6.32. The van der Waals surface area contributed by atoms with Gasteiger partial charge in [-0.15, -0.1) is 23.2 Å². The van der Waals surface area contributed by atoms with Crippen molar-refractivity contribution in [2.24, 2.45) is 0 Å². The van der Waals surface area contributed by atoms with E-state index in [1.807, 2.05) is 18.2 Å². The number of hydrogen-bond acceptors (Lipinski definition) is 1. The molecule has 0 fully saturated rings. The molecule has 0 aliphatic rings. The summed E-state index contributed by atoms with van der Waals surface area (Å²) in [7, 11) is 1.69. The van der Waals surface area contributed by atoms with Crippen molar-refractivity contribution >= 4 is 23.2 Å². The van der Waals surface area contributed by atoms with Gasteiger partial charge >= 0.3 is 0 Å². The molecule has 1 nitrogen and oxygen atoms in total. The van der Waals surface area contributed by atoms with E-state index in [9.17, 15) is 0 Å². The van der Waals surface area contributed by atoms with Crippen molar-refractivity contribution < 1.29 is 4.74 Å². The molecule has 21 heavy (non-hydrogen) atoms. The molecule has 0 bridgehead atoms. The first kappa shape index (κ1) is 16.2. The molecular formula is C18H20Cl2O. The molecule has 0 spiro atoms. The van der Waals surface area contributed by atoms with Crippen LogP contribution in [0.1, 0.15) is 16.7 Å². The molecule has 0 radical (unpaired) electrons. The maximum atomic E-state index is 6.32. The summed E-state index contributed by atoms with van der Waals surface area (Å²) in [6.45, 7) is 2.08. The molecule has 0 aromatic heterocycles. The molecule has 0 atom stereocenters. The fourth-order valence-electron chi connectivity index (χ4n) is 2.51. The average Bonchev–Trinajstić information content (AvgIpc) is 2.54. The third-order valence-electron chi connectivity index (χ3n) is 3.90. The Morgan fingerprint density at radius 3 is 2.14 bits per heavy atom. The van der Waals surface area contributed by atoms with Gasteiger partial charge in [0.2, 0.25) is 0 Å². The van der Waals surface area contributed by atoms with Crippen LogP contribution in [-0.2, 0) is 11.8 Å². The van der Waals surface area contributed by atoms with Crippen molar-refractivity contribution in [1.29, 1.82) is 0 Å². The van der Waals surface area contributed by atoms with E-state index in [1.165, 1.54) is 11.1 Å². The number of alkyl halides is 2. The highest BCUT2D eigenvalue weighted by Gasteiger charge is 2.32. The van der Waals surface area contributed by atoms with Crippen LogP contribution in [0.2, 0.25) is 0 Å². The fraction of sp³-hybridized carbons (Fsp3) is 0.333. The number of halogens is 2. The van der Waals surface area contributed by atoms with Crippen LogP contribution in [0.3, 0.4) is 0 Å². The third-order valence-corrected chi connectivity index (χ3v) is 4.92. The number of para-hydroxylation sites is 1. The summed E-state index contributed by atoms with van der Waals surface area (Å²) in [5.74, 6) is 1.82. The van der Waals surface area contributed by atoms with Gasteiger partial charge in [-0.05, 0) is 30.5 Å². The normalized spacial score (nSPS) is 11.4. The summed E-state index contributed by atoms with van der Waals surface area (Å²) in [6, 6.07) is 16.5. The van der Waals surface area contributed by atoms with Crippen LogP contribution in [0.15, 0.2) is 48.5 Å². The highest BCUT2D eigenvalue weighted by atomic mass is 35.5. The second-order valence-corrected chi connectivity index (χ2v) is 5.94. The SMILES string of the molecule is COc1ccccc1CC(CCl)(CCl)c1ccc(C)cc1. The van der Waals surface area contributed by atoms with Gasteiger partial charge < -0.3 is 4.74 Å². The Labute approximate surface area is 136 Å². The van der Waals surface area contributed by atoms with Gasteiger partial charge in [-0.2, -0.15) is 0 Å². The number of ether oxygens (including phenoxy) is 1. The van der Waals surface area contributed by atoms with Gasteiger partial charge in [0.1, 0.15) is 5.75 Å². The minimum atomic E-state index is -0.286. The van der Waals surface area contributed by atoms with Gasteiger partial charge in [0.15, 0.2) is 0 Å². The van der Waals surface area contributed by atoms with Gasteiger partial charge in [-0.25, -0.2) is 0 Å². The molecule has 0 saturated carbocycles. The summed E-state index contributed by atoms with van der Waals surface area (Å²) in [5.41, 5.74) is 3.24. The maximum Gasteiger partial charge on any atom is 0.122 e. The zero-order chi connectivity index (χ0) is 15.3. The lowest BCUT2D eigenvalue weighted by molar-refractivity contribution is 0.403. The number of hydrogen-bond donors (Lipinski definition) is 0. The zero-order valence-corrected chi connectivity index (χ0v) is 13.9. The number of methoxy groups -OCH3 is 1. The molecule has 3 heteroatoms. The number of rotatable bonds is 6. The zero-order valence-electron chi connectivity index (χ0n) is 12.4. The molecule has 0 aliphatic carbocycles. The Bertz CT molecular complexity index is 574. The second-order valence-electron chi connectivity index (χ2n) is 5.40. The molecule has 2 aromatic rings. The van der Waals surface area contributed by atoms with E-state index in [0.717, 1.165) is 17.7 Å². The van der Waals surface area contributed by atoms with E-state index < -0.39 is 0 Å². The highest BCUT2D eigenvalue weighted by molar-refractivity contribution is 6.22. The molecule has 0 unspecified atom stereocenters. The van der Waals surface area contributed by atoms with Crippen LogP contribution in [0, 0.1) is 6.92 Å². The van der Waals surface area contributed by atoms with Crippen LogP contribution in [0.4, 0.5) is 0 Å². The van der Waals surface area contributed by atoms with Crippen molar-refractivity contribution in [2.75, 3.05) is 18.9 Å². The van der Waals surface area contributed by atoms with E-state index in [4.69, 9.17) is 27.9 Å². The van der Waals surface area contributed by atoms with E-state index in [2.05, 4.69) is 37.3 Å². The van der Waals surface area contributed by atoms with Crippen molar-refractivity contribution in [1.82, 2.24) is 0 Å². The standard InChI is InChI=1S/C18H20Cl2O/c1-14-7-9-16(10-8-14)18(12-19,13-20)11-15-5-3-4-6-17(15)21-2/h3-10H,11-13H2,1-2H3. The first-order valence-corrected chi connectivity index (χ1v) is 8.03. The smallest absolute Gasteiger partial charge is 0.122 e. The highest BCUT2D eigenvalue weighted by Crippen LogP contribution is 2.34. The lowest BCUT2D eigenvalue weighted by Gasteiger charge is -2.31. The quantitative estimate of drug-likeness (QED) is 0.683. The Morgan fingerprint density at radius 2 is 1.57 bits per heavy atom. The van der Waals surface area contributed by atoms with Crippen LogP contribution in [0.25, 0.3) is 0 Å². The second kappa shape index (κ2) is 7.20. The topological polar surface area (TPSA) is 9.23 Å². The van der Waals surface area contributed by atoms with Crippen LogP contribution >= 0.6 is 23.2 Å². The lowest BCUT2D eigenvalue weighted by atomic mass is 9.78. The third kappa shape index (κ3) is 3.53. The van der Waals surface area contributed by atoms with Crippen molar-refractivity contribution in [3.05, 3.63) is 65.2 Å². The summed E-state index contributed by atoms with van der Waals surface area (Å²) in [6.07, 6.45) is 0.757. The molecule has 0 aliphatic heterocycles. The monoisotopic (exact) mass is 322 g/mol. The predicted octanol–water partition coefficient (Wildman–Crippen LogP) is 4.96. The Hall–Kier alpha value is -1.18. The van der Waals surface area contributed by atoms with Crippen molar-refractivity contribution in [3.63, 3.8) is 0 Å².